The van der Waals surface area contributed by atoms with Crippen LogP contribution in [0.4, 0.5) is 0 Å². The summed E-state index contributed by atoms with van der Waals surface area (Å²) in [6.45, 7) is 5.61. The van der Waals surface area contributed by atoms with Crippen LogP contribution in [0.2, 0.25) is 0 Å². The van der Waals surface area contributed by atoms with Crippen molar-refractivity contribution < 1.29 is 19.1 Å². The number of hydrogen-bond donors (Lipinski definition) is 1. The molecule has 1 atom stereocenters. The molecule has 7 heteroatoms. The van der Waals surface area contributed by atoms with Crippen molar-refractivity contribution in [1.29, 1.82) is 0 Å². The van der Waals surface area contributed by atoms with Crippen LogP contribution in [0.25, 0.3) is 0 Å². The highest BCUT2D eigenvalue weighted by Crippen LogP contribution is 2.31. The van der Waals surface area contributed by atoms with E-state index < -0.39 is 6.04 Å². The molecule has 2 amide bonds. The highest BCUT2D eigenvalue weighted by atomic mass is 79.9. The van der Waals surface area contributed by atoms with E-state index in [1.54, 1.807) is 11.8 Å². The number of aryl methyl sites for hydroxylation is 1. The first-order valence-electron chi connectivity index (χ1n) is 10.2. The van der Waals surface area contributed by atoms with Crippen LogP contribution < -0.4 is 14.8 Å². The van der Waals surface area contributed by atoms with E-state index in [9.17, 15) is 9.59 Å². The molecule has 1 N–H and O–H groups in total. The first-order valence-corrected chi connectivity index (χ1v) is 11.0. The van der Waals surface area contributed by atoms with Gasteiger partial charge in [-0.25, -0.2) is 0 Å². The number of carbonyl (C=O) groups is 2. The van der Waals surface area contributed by atoms with Gasteiger partial charge in [-0.3, -0.25) is 9.59 Å². The minimum atomic E-state index is -0.559. The van der Waals surface area contributed by atoms with Gasteiger partial charge in [-0.15, -0.1) is 0 Å². The number of hydrogen-bond acceptors (Lipinski definition) is 4. The van der Waals surface area contributed by atoms with Crippen LogP contribution in [-0.2, 0) is 22.6 Å². The van der Waals surface area contributed by atoms with Gasteiger partial charge in [-0.2, -0.15) is 0 Å². The molecule has 1 aliphatic rings. The zero-order chi connectivity index (χ0) is 21.5. The Labute approximate surface area is 185 Å². The summed E-state index contributed by atoms with van der Waals surface area (Å²) >= 11 is 3.47. The van der Waals surface area contributed by atoms with E-state index in [2.05, 4.69) is 21.2 Å². The van der Waals surface area contributed by atoms with Gasteiger partial charge in [-0.1, -0.05) is 34.1 Å². The van der Waals surface area contributed by atoms with Crippen LogP contribution in [0, 0.1) is 0 Å². The number of amides is 2. The lowest BCUT2D eigenvalue weighted by Gasteiger charge is -2.29. The highest BCUT2D eigenvalue weighted by molar-refractivity contribution is 9.10. The Balaban J connectivity index is 1.71. The maximum atomic E-state index is 13.1. The average molecular weight is 475 g/mol. The summed E-state index contributed by atoms with van der Waals surface area (Å²) in [5, 5.41) is 2.81. The molecule has 0 radical (unpaired) electrons. The normalized spacial score (nSPS) is 13.4. The summed E-state index contributed by atoms with van der Waals surface area (Å²) in [7, 11) is 0. The number of ether oxygens (including phenoxy) is 2. The number of nitrogens with one attached hydrogen (secondary N) is 1. The molecule has 0 saturated heterocycles. The molecule has 30 heavy (non-hydrogen) atoms. The van der Waals surface area contributed by atoms with Crippen LogP contribution in [0.1, 0.15) is 31.4 Å². The van der Waals surface area contributed by atoms with Crippen molar-refractivity contribution >= 4 is 27.7 Å². The number of likely N-dealkylation sites (N-methyl/N-ethyl adjacent to an activating group) is 1. The lowest BCUT2D eigenvalue weighted by molar-refractivity contribution is -0.140. The first kappa shape index (κ1) is 22.2. The lowest BCUT2D eigenvalue weighted by atomic mass is 10.1. The molecule has 6 nitrogen and oxygen atoms in total. The summed E-state index contributed by atoms with van der Waals surface area (Å²) < 4.78 is 12.1. The number of carbonyl (C=O) groups excluding carboxylic acids is 2. The molecule has 1 aliphatic heterocycles. The molecular formula is C23H27BrN2O4. The topological polar surface area (TPSA) is 67.9 Å². The molecular weight excluding hydrogens is 448 g/mol. The van der Waals surface area contributed by atoms with Gasteiger partial charge < -0.3 is 19.7 Å². The van der Waals surface area contributed by atoms with Gasteiger partial charge in [0.2, 0.25) is 11.8 Å². The van der Waals surface area contributed by atoms with E-state index in [0.717, 1.165) is 21.3 Å². The Morgan fingerprint density at radius 1 is 1.10 bits per heavy atom. The van der Waals surface area contributed by atoms with Gasteiger partial charge in [-0.05, 0) is 55.7 Å². The van der Waals surface area contributed by atoms with Crippen molar-refractivity contribution in [2.45, 2.75) is 39.3 Å². The predicted octanol–water partition coefficient (Wildman–Crippen LogP) is 3.71. The second kappa shape index (κ2) is 10.5. The van der Waals surface area contributed by atoms with Gasteiger partial charge in [0.15, 0.2) is 11.5 Å². The molecule has 0 fully saturated rings. The molecule has 1 heterocycles. The van der Waals surface area contributed by atoms with Gasteiger partial charge in [0.25, 0.3) is 0 Å². The summed E-state index contributed by atoms with van der Waals surface area (Å²) in [4.78, 5) is 27.2. The molecule has 2 aromatic rings. The van der Waals surface area contributed by atoms with Crippen LogP contribution in [-0.4, -0.2) is 42.5 Å². The van der Waals surface area contributed by atoms with E-state index >= 15 is 0 Å². The molecule has 0 aliphatic carbocycles. The fourth-order valence-corrected chi connectivity index (χ4v) is 3.82. The number of nitrogens with zero attached hydrogens (tertiary/aromatic N) is 1. The Bertz CT molecular complexity index is 903. The minimum absolute atomic E-state index is 0.0661. The molecule has 0 spiro atoms. The van der Waals surface area contributed by atoms with Gasteiger partial charge in [0.05, 0.1) is 0 Å². The van der Waals surface area contributed by atoms with Crippen molar-refractivity contribution in [3.05, 3.63) is 58.1 Å². The zero-order valence-electron chi connectivity index (χ0n) is 17.3. The summed E-state index contributed by atoms with van der Waals surface area (Å²) in [5.74, 6) is 1.23. The molecule has 3 rings (SSSR count). The molecule has 160 valence electrons. The summed E-state index contributed by atoms with van der Waals surface area (Å²) in [6, 6.07) is 13.0. The predicted molar refractivity (Wildman–Crippen MR) is 119 cm³/mol. The third kappa shape index (κ3) is 5.75. The average Bonchev–Trinajstić information content (AvgIpc) is 2.75. The van der Waals surface area contributed by atoms with Crippen LogP contribution in [0.5, 0.6) is 11.5 Å². The standard InChI is InChI=1S/C23H27BrN2O4/c1-3-25-23(28)16(2)26(15-18-5-4-6-19(24)13-18)22(27)10-8-17-7-9-20-21(14-17)30-12-11-29-20/h4-7,9,13-14,16H,3,8,10-12,15H2,1-2H3,(H,25,28). The van der Waals surface area contributed by atoms with Gasteiger partial charge in [0.1, 0.15) is 19.3 Å². The fourth-order valence-electron chi connectivity index (χ4n) is 3.37. The number of rotatable bonds is 8. The van der Waals surface area contributed by atoms with Gasteiger partial charge >= 0.3 is 0 Å². The van der Waals surface area contributed by atoms with E-state index in [4.69, 9.17) is 9.47 Å². The largest absolute Gasteiger partial charge is 0.486 e. The Kier molecular flexibility index (Phi) is 7.74. The summed E-state index contributed by atoms with van der Waals surface area (Å²) in [6.07, 6.45) is 0.865. The highest BCUT2D eigenvalue weighted by Gasteiger charge is 2.25. The number of halogens is 1. The fraction of sp³-hybridized carbons (Fsp3) is 0.391. The lowest BCUT2D eigenvalue weighted by Crippen LogP contribution is -2.47. The number of benzene rings is 2. The van der Waals surface area contributed by atoms with E-state index in [0.29, 0.717) is 44.9 Å². The Hall–Kier alpha value is -2.54. The summed E-state index contributed by atoms with van der Waals surface area (Å²) in [5.41, 5.74) is 1.97. The smallest absolute Gasteiger partial charge is 0.242 e. The molecule has 2 aromatic carbocycles. The van der Waals surface area contributed by atoms with E-state index in [-0.39, 0.29) is 11.8 Å². The van der Waals surface area contributed by atoms with Crippen molar-refractivity contribution in [3.63, 3.8) is 0 Å². The second-order valence-electron chi connectivity index (χ2n) is 7.20. The monoisotopic (exact) mass is 474 g/mol. The van der Waals surface area contributed by atoms with Crippen molar-refractivity contribution in [2.75, 3.05) is 19.8 Å². The van der Waals surface area contributed by atoms with Gasteiger partial charge in [0, 0.05) is 24.0 Å². The second-order valence-corrected chi connectivity index (χ2v) is 8.12. The van der Waals surface area contributed by atoms with E-state index in [1.807, 2.05) is 49.4 Å². The third-order valence-corrected chi connectivity index (χ3v) is 5.49. The van der Waals surface area contributed by atoms with E-state index in [1.165, 1.54) is 0 Å². The van der Waals surface area contributed by atoms with Crippen molar-refractivity contribution in [3.8, 4) is 11.5 Å². The Morgan fingerprint density at radius 3 is 2.60 bits per heavy atom. The quantitative estimate of drug-likeness (QED) is 0.633. The maximum absolute atomic E-state index is 13.1. The minimum Gasteiger partial charge on any atom is -0.486 e. The SMILES string of the molecule is CCNC(=O)C(C)N(Cc1cccc(Br)c1)C(=O)CCc1ccc2c(c1)OCCO2. The first-order chi connectivity index (χ1) is 14.5. The molecule has 0 bridgehead atoms. The Morgan fingerprint density at radius 2 is 1.87 bits per heavy atom. The zero-order valence-corrected chi connectivity index (χ0v) is 18.9. The third-order valence-electron chi connectivity index (χ3n) is 4.99. The van der Waals surface area contributed by atoms with Crippen LogP contribution in [0.3, 0.4) is 0 Å². The molecule has 1 unspecified atom stereocenters. The van der Waals surface area contributed by atoms with Crippen molar-refractivity contribution in [2.24, 2.45) is 0 Å². The number of fused-ring (bicyclic) bond motifs is 1. The molecule has 0 aromatic heterocycles. The van der Waals surface area contributed by atoms with Crippen molar-refractivity contribution in [1.82, 2.24) is 10.2 Å². The molecule has 0 saturated carbocycles. The van der Waals surface area contributed by atoms with Crippen LogP contribution >= 0.6 is 15.9 Å². The van der Waals surface area contributed by atoms with Crippen LogP contribution in [0.15, 0.2) is 46.9 Å². The maximum Gasteiger partial charge on any atom is 0.242 e.